The van der Waals surface area contributed by atoms with Gasteiger partial charge >= 0.3 is 0 Å². The highest BCUT2D eigenvalue weighted by molar-refractivity contribution is 9.09. The first-order valence-corrected chi connectivity index (χ1v) is 4.68. The molecule has 2 N–H and O–H groups in total. The highest BCUT2D eigenvalue weighted by Gasteiger charge is 2.17. The zero-order chi connectivity index (χ0) is 9.14. The lowest BCUT2D eigenvalue weighted by molar-refractivity contribution is 0.0342. The third-order valence-electron chi connectivity index (χ3n) is 1.59. The minimum Gasteiger partial charge on any atom is -0.389 e. The molecular formula is C7H11BrN2O2. The summed E-state index contributed by atoms with van der Waals surface area (Å²) in [4.78, 5) is 0. The van der Waals surface area contributed by atoms with Crippen molar-refractivity contribution in [2.75, 3.05) is 5.33 Å². The topological polar surface area (TPSA) is 58.3 Å². The monoisotopic (exact) mass is 234 g/mol. The molecule has 12 heavy (non-hydrogen) atoms. The maximum Gasteiger partial charge on any atom is 0.109 e. The zero-order valence-electron chi connectivity index (χ0n) is 6.68. The number of halogens is 1. The van der Waals surface area contributed by atoms with Gasteiger partial charge in [0.15, 0.2) is 0 Å². The Morgan fingerprint density at radius 2 is 2.33 bits per heavy atom. The molecule has 68 valence electrons. The van der Waals surface area contributed by atoms with Gasteiger partial charge in [-0.2, -0.15) is 5.10 Å². The van der Waals surface area contributed by atoms with Crippen LogP contribution in [0, 0.1) is 0 Å². The van der Waals surface area contributed by atoms with Crippen LogP contribution in [0.5, 0.6) is 0 Å². The van der Waals surface area contributed by atoms with Crippen molar-refractivity contribution >= 4 is 15.9 Å². The summed E-state index contributed by atoms with van der Waals surface area (Å²) in [6.45, 7) is 0. The summed E-state index contributed by atoms with van der Waals surface area (Å²) >= 11 is 3.08. The van der Waals surface area contributed by atoms with Crippen molar-refractivity contribution in [2.24, 2.45) is 7.05 Å². The summed E-state index contributed by atoms with van der Waals surface area (Å²) in [5.41, 5.74) is 0.629. The fourth-order valence-electron chi connectivity index (χ4n) is 0.899. The maximum absolute atomic E-state index is 9.47. The van der Waals surface area contributed by atoms with Crippen LogP contribution in [0.3, 0.4) is 0 Å². The normalized spacial score (nSPS) is 16.0. The van der Waals surface area contributed by atoms with E-state index in [0.29, 0.717) is 10.9 Å². The van der Waals surface area contributed by atoms with E-state index in [1.807, 2.05) is 0 Å². The van der Waals surface area contributed by atoms with Crippen LogP contribution >= 0.6 is 15.9 Å². The Balaban J connectivity index is 2.70. The van der Waals surface area contributed by atoms with E-state index in [1.165, 1.54) is 6.20 Å². The van der Waals surface area contributed by atoms with E-state index in [4.69, 9.17) is 0 Å². The van der Waals surface area contributed by atoms with Crippen LogP contribution in [0.4, 0.5) is 0 Å². The van der Waals surface area contributed by atoms with E-state index in [2.05, 4.69) is 21.0 Å². The summed E-state index contributed by atoms with van der Waals surface area (Å²) < 4.78 is 1.58. The van der Waals surface area contributed by atoms with Crippen LogP contribution in [0.1, 0.15) is 11.7 Å². The van der Waals surface area contributed by atoms with Crippen molar-refractivity contribution in [1.82, 2.24) is 9.78 Å². The number of aryl methyl sites for hydroxylation is 1. The molecule has 0 aliphatic rings. The first-order chi connectivity index (χ1) is 5.65. The average molecular weight is 235 g/mol. The van der Waals surface area contributed by atoms with Crippen molar-refractivity contribution in [2.45, 2.75) is 12.2 Å². The smallest absolute Gasteiger partial charge is 0.109 e. The maximum atomic E-state index is 9.47. The predicted octanol–water partition coefficient (Wildman–Crippen LogP) is 0.209. The van der Waals surface area contributed by atoms with E-state index in [0.717, 1.165) is 0 Å². The molecular weight excluding hydrogens is 224 g/mol. The second-order valence-corrected chi connectivity index (χ2v) is 3.26. The fourth-order valence-corrected chi connectivity index (χ4v) is 1.25. The van der Waals surface area contributed by atoms with E-state index in [-0.39, 0.29) is 0 Å². The first-order valence-electron chi connectivity index (χ1n) is 3.55. The molecule has 1 aromatic heterocycles. The Hall–Kier alpha value is -0.390. The molecule has 1 rings (SSSR count). The van der Waals surface area contributed by atoms with Gasteiger partial charge in [-0.1, -0.05) is 15.9 Å². The van der Waals surface area contributed by atoms with Gasteiger partial charge in [-0.15, -0.1) is 0 Å². The first kappa shape index (κ1) is 9.70. The van der Waals surface area contributed by atoms with Gasteiger partial charge in [0, 0.05) is 24.1 Å². The molecule has 1 heterocycles. The largest absolute Gasteiger partial charge is 0.389 e. The van der Waals surface area contributed by atoms with Crippen molar-refractivity contribution in [3.8, 4) is 0 Å². The van der Waals surface area contributed by atoms with Gasteiger partial charge in [0.2, 0.25) is 0 Å². The minimum absolute atomic E-state index is 0.350. The quantitative estimate of drug-likeness (QED) is 0.736. The number of aliphatic hydroxyl groups is 2. The third kappa shape index (κ3) is 2.06. The van der Waals surface area contributed by atoms with E-state index in [1.54, 1.807) is 17.9 Å². The molecule has 2 unspecified atom stereocenters. The molecule has 0 saturated heterocycles. The highest BCUT2D eigenvalue weighted by Crippen LogP contribution is 2.16. The fraction of sp³-hybridized carbons (Fsp3) is 0.571. The van der Waals surface area contributed by atoms with Crippen molar-refractivity contribution in [3.63, 3.8) is 0 Å². The lowest BCUT2D eigenvalue weighted by atomic mass is 10.1. The molecule has 0 fully saturated rings. The number of hydrogen-bond acceptors (Lipinski definition) is 3. The number of aromatic nitrogens is 2. The number of hydrogen-bond donors (Lipinski definition) is 2. The lowest BCUT2D eigenvalue weighted by Gasteiger charge is -2.12. The van der Waals surface area contributed by atoms with Crippen LogP contribution in [-0.4, -0.2) is 31.4 Å². The average Bonchev–Trinajstić information content (AvgIpc) is 2.49. The van der Waals surface area contributed by atoms with Crippen LogP contribution < -0.4 is 0 Å². The number of aliphatic hydroxyl groups excluding tert-OH is 2. The van der Waals surface area contributed by atoms with Crippen LogP contribution in [0.15, 0.2) is 12.4 Å². The lowest BCUT2D eigenvalue weighted by Crippen LogP contribution is -2.18. The predicted molar refractivity (Wildman–Crippen MR) is 48.0 cm³/mol. The molecule has 0 radical (unpaired) electrons. The molecule has 0 aliphatic carbocycles. The minimum atomic E-state index is -0.863. The van der Waals surface area contributed by atoms with Gasteiger partial charge < -0.3 is 10.2 Å². The molecule has 0 spiro atoms. The van der Waals surface area contributed by atoms with E-state index >= 15 is 0 Å². The summed E-state index contributed by atoms with van der Waals surface area (Å²) in [5.74, 6) is 0. The van der Waals surface area contributed by atoms with Gasteiger partial charge in [0.05, 0.1) is 12.3 Å². The SMILES string of the molecule is Cn1cc(C(O)C(O)CBr)cn1. The molecule has 4 nitrogen and oxygen atoms in total. The Labute approximate surface area is 79.0 Å². The summed E-state index contributed by atoms with van der Waals surface area (Å²) in [5, 5.41) is 23.0. The molecule has 1 aromatic rings. The van der Waals surface area contributed by atoms with Crippen molar-refractivity contribution < 1.29 is 10.2 Å². The molecule has 5 heteroatoms. The van der Waals surface area contributed by atoms with E-state index < -0.39 is 12.2 Å². The van der Waals surface area contributed by atoms with E-state index in [9.17, 15) is 10.2 Å². The van der Waals surface area contributed by atoms with Gasteiger partial charge in [0.1, 0.15) is 6.10 Å². The zero-order valence-corrected chi connectivity index (χ0v) is 8.27. The number of alkyl halides is 1. The van der Waals surface area contributed by atoms with Gasteiger partial charge in [-0.25, -0.2) is 0 Å². The van der Waals surface area contributed by atoms with Gasteiger partial charge in [-0.05, 0) is 0 Å². The van der Waals surface area contributed by atoms with Crippen molar-refractivity contribution in [3.05, 3.63) is 18.0 Å². The molecule has 2 atom stereocenters. The van der Waals surface area contributed by atoms with Crippen LogP contribution in [0.25, 0.3) is 0 Å². The standard InChI is InChI=1S/C7H11BrN2O2/c1-10-4-5(3-9-10)7(12)6(11)2-8/h3-4,6-7,11-12H,2H2,1H3. The second kappa shape index (κ2) is 4.02. The summed E-state index contributed by atoms with van der Waals surface area (Å²) in [6, 6.07) is 0. The Kier molecular flexibility index (Phi) is 3.25. The molecule has 0 aromatic carbocycles. The van der Waals surface area contributed by atoms with Gasteiger partial charge in [-0.3, -0.25) is 4.68 Å². The Bertz CT molecular complexity index is 251. The molecule has 0 amide bonds. The Morgan fingerprint density at radius 3 is 2.75 bits per heavy atom. The summed E-state index contributed by atoms with van der Waals surface area (Å²) in [7, 11) is 1.76. The van der Waals surface area contributed by atoms with Crippen LogP contribution in [0.2, 0.25) is 0 Å². The highest BCUT2D eigenvalue weighted by atomic mass is 79.9. The molecule has 0 saturated carbocycles. The third-order valence-corrected chi connectivity index (χ3v) is 2.25. The number of rotatable bonds is 3. The Morgan fingerprint density at radius 1 is 1.67 bits per heavy atom. The van der Waals surface area contributed by atoms with Gasteiger partial charge in [0.25, 0.3) is 0 Å². The summed E-state index contributed by atoms with van der Waals surface area (Å²) in [6.07, 6.45) is 1.57. The van der Waals surface area contributed by atoms with Crippen LogP contribution in [-0.2, 0) is 7.05 Å². The molecule has 0 aliphatic heterocycles. The second-order valence-electron chi connectivity index (χ2n) is 2.61. The van der Waals surface area contributed by atoms with Crippen molar-refractivity contribution in [1.29, 1.82) is 0 Å². The number of nitrogens with zero attached hydrogens (tertiary/aromatic N) is 2. The molecule has 0 bridgehead atoms.